The maximum absolute atomic E-state index is 13.6. The molecule has 0 aliphatic rings. The number of hydrogen-bond donors (Lipinski definition) is 1. The third kappa shape index (κ3) is 5.93. The Hall–Kier alpha value is -2.54. The fourth-order valence-electron chi connectivity index (χ4n) is 3.78. The number of hydrogen-bond acceptors (Lipinski definition) is 3. The largest absolute Gasteiger partial charge is 0.348 e. The van der Waals surface area contributed by atoms with Crippen molar-refractivity contribution in [1.82, 2.24) is 5.32 Å². The molecule has 1 amide bonds. The Kier molecular flexibility index (Phi) is 7.96. The number of nitrogens with one attached hydrogen (secondary N) is 1. The van der Waals surface area contributed by atoms with Gasteiger partial charge >= 0.3 is 0 Å². The summed E-state index contributed by atoms with van der Waals surface area (Å²) in [4.78, 5) is 13.2. The van der Waals surface area contributed by atoms with Gasteiger partial charge in [0.2, 0.25) is 5.91 Å². The van der Waals surface area contributed by atoms with E-state index in [-0.39, 0.29) is 26.7 Å². The number of benzene rings is 3. The Morgan fingerprint density at radius 3 is 2.03 bits per heavy atom. The van der Waals surface area contributed by atoms with E-state index in [1.54, 1.807) is 12.1 Å². The summed E-state index contributed by atoms with van der Waals surface area (Å²) in [5, 5.41) is 3.47. The van der Waals surface area contributed by atoms with Crippen LogP contribution >= 0.6 is 23.2 Å². The zero-order valence-electron chi connectivity index (χ0n) is 19.8. The second-order valence-electron chi connectivity index (χ2n) is 8.53. The van der Waals surface area contributed by atoms with Crippen LogP contribution in [0, 0.1) is 27.7 Å². The summed E-state index contributed by atoms with van der Waals surface area (Å²) < 4.78 is 28.1. The fraction of sp³-hybridized carbons (Fsp3) is 0.269. The van der Waals surface area contributed by atoms with Gasteiger partial charge in [-0.1, -0.05) is 53.0 Å². The summed E-state index contributed by atoms with van der Waals surface area (Å²) >= 11 is 12.3. The Bertz CT molecular complexity index is 1300. The van der Waals surface area contributed by atoms with E-state index in [0.29, 0.717) is 0 Å². The van der Waals surface area contributed by atoms with Crippen molar-refractivity contribution in [1.29, 1.82) is 0 Å². The average molecular weight is 519 g/mol. The van der Waals surface area contributed by atoms with Gasteiger partial charge in [0.05, 0.1) is 16.6 Å². The summed E-state index contributed by atoms with van der Waals surface area (Å²) in [6.45, 7) is 9.37. The topological polar surface area (TPSA) is 66.5 Å². The van der Waals surface area contributed by atoms with Crippen LogP contribution in [0.1, 0.15) is 40.8 Å². The van der Waals surface area contributed by atoms with Crippen molar-refractivity contribution in [3.8, 4) is 0 Å². The van der Waals surface area contributed by atoms with E-state index >= 15 is 0 Å². The van der Waals surface area contributed by atoms with Gasteiger partial charge in [-0.25, -0.2) is 8.42 Å². The van der Waals surface area contributed by atoms with E-state index in [0.717, 1.165) is 26.6 Å². The molecule has 1 atom stereocenters. The highest BCUT2D eigenvalue weighted by atomic mass is 35.5. The lowest BCUT2D eigenvalue weighted by molar-refractivity contribution is -0.120. The minimum Gasteiger partial charge on any atom is -0.348 e. The maximum Gasteiger partial charge on any atom is 0.264 e. The van der Waals surface area contributed by atoms with Gasteiger partial charge in [-0.2, -0.15) is 0 Å². The molecule has 0 radical (unpaired) electrons. The quantitative estimate of drug-likeness (QED) is 0.399. The van der Waals surface area contributed by atoms with Crippen LogP contribution in [0.3, 0.4) is 0 Å². The molecule has 3 rings (SSSR count). The number of carbonyl (C=O) groups excluding carboxylic acids is 1. The first-order valence-corrected chi connectivity index (χ1v) is 13.0. The highest BCUT2D eigenvalue weighted by molar-refractivity contribution is 7.92. The third-order valence-corrected chi connectivity index (χ3v) is 7.98. The number of nitrogens with zero attached hydrogens (tertiary/aromatic N) is 1. The first-order chi connectivity index (χ1) is 15.9. The molecule has 34 heavy (non-hydrogen) atoms. The molecule has 3 aromatic rings. The van der Waals surface area contributed by atoms with Crippen LogP contribution in [0.5, 0.6) is 0 Å². The van der Waals surface area contributed by atoms with Gasteiger partial charge in [0, 0.05) is 10.0 Å². The van der Waals surface area contributed by atoms with Gasteiger partial charge in [-0.15, -0.1) is 0 Å². The van der Waals surface area contributed by atoms with E-state index < -0.39 is 22.5 Å². The smallest absolute Gasteiger partial charge is 0.264 e. The Labute approximate surface area is 211 Å². The summed E-state index contributed by atoms with van der Waals surface area (Å²) in [7, 11) is -4.07. The van der Waals surface area contributed by atoms with E-state index in [1.165, 1.54) is 35.9 Å². The van der Waals surface area contributed by atoms with Crippen LogP contribution in [-0.4, -0.2) is 20.9 Å². The first-order valence-electron chi connectivity index (χ1n) is 10.8. The minimum atomic E-state index is -4.07. The number of halogens is 2. The number of carbonyl (C=O) groups is 1. The van der Waals surface area contributed by atoms with E-state index in [4.69, 9.17) is 23.2 Å². The predicted molar refractivity (Wildman–Crippen MR) is 139 cm³/mol. The third-order valence-electron chi connectivity index (χ3n) is 5.76. The number of sulfonamides is 1. The molecule has 180 valence electrons. The van der Waals surface area contributed by atoms with Crippen LogP contribution < -0.4 is 9.62 Å². The van der Waals surface area contributed by atoms with E-state index in [9.17, 15) is 13.2 Å². The van der Waals surface area contributed by atoms with Gasteiger partial charge in [0.25, 0.3) is 10.0 Å². The summed E-state index contributed by atoms with van der Waals surface area (Å²) in [6, 6.07) is 14.7. The molecule has 5 nitrogen and oxygen atoms in total. The summed E-state index contributed by atoms with van der Waals surface area (Å²) in [5.41, 5.74) is 5.47. The second kappa shape index (κ2) is 10.4. The fourth-order valence-corrected chi connectivity index (χ4v) is 5.70. The van der Waals surface area contributed by atoms with Crippen molar-refractivity contribution in [3.05, 3.63) is 92.5 Å². The highest BCUT2D eigenvalue weighted by Crippen LogP contribution is 2.30. The minimum absolute atomic E-state index is 0.0695. The van der Waals surface area contributed by atoms with Crippen molar-refractivity contribution < 1.29 is 13.2 Å². The van der Waals surface area contributed by atoms with Crippen molar-refractivity contribution in [3.63, 3.8) is 0 Å². The first kappa shape index (κ1) is 26.1. The summed E-state index contributed by atoms with van der Waals surface area (Å²) in [6.07, 6.45) is 0. The van der Waals surface area contributed by atoms with Crippen LogP contribution in [-0.2, 0) is 14.8 Å². The molecule has 0 spiro atoms. The lowest BCUT2D eigenvalue weighted by atomic mass is 9.96. The second-order valence-corrected chi connectivity index (χ2v) is 11.3. The predicted octanol–water partition coefficient (Wildman–Crippen LogP) is 6.30. The van der Waals surface area contributed by atoms with Crippen LogP contribution in [0.15, 0.2) is 59.5 Å². The molecule has 8 heteroatoms. The molecular weight excluding hydrogens is 491 g/mol. The van der Waals surface area contributed by atoms with Gasteiger partial charge < -0.3 is 5.32 Å². The molecule has 0 saturated carbocycles. The lowest BCUT2D eigenvalue weighted by Gasteiger charge is -2.26. The molecule has 0 heterocycles. The number of anilines is 1. The normalized spacial score (nSPS) is 12.3. The molecule has 1 N–H and O–H groups in total. The summed E-state index contributed by atoms with van der Waals surface area (Å²) in [5.74, 6) is -0.447. The van der Waals surface area contributed by atoms with Crippen LogP contribution in [0.2, 0.25) is 10.0 Å². The van der Waals surface area contributed by atoms with E-state index in [2.05, 4.69) is 11.4 Å². The SMILES string of the molecule is Cc1ccc(S(=O)(=O)N(CC(=O)N[C@@H](C)c2cc(C)c(C)cc2C)c2cc(Cl)cc(Cl)c2)cc1. The highest BCUT2D eigenvalue weighted by Gasteiger charge is 2.28. The molecule has 3 aromatic carbocycles. The standard InChI is InChI=1S/C26H28Cl2N2O3S/c1-16-6-8-24(9-7-16)34(32,33)30(23-13-21(27)12-22(28)14-23)15-26(31)29-20(5)25-11-18(3)17(2)10-19(25)4/h6-14,20H,15H2,1-5H3,(H,29,31)/t20-/m0/s1. The van der Waals surface area contributed by atoms with Crippen molar-refractivity contribution in [2.24, 2.45) is 0 Å². The molecular formula is C26H28Cl2N2O3S. The Morgan fingerprint density at radius 2 is 1.44 bits per heavy atom. The average Bonchev–Trinajstić information content (AvgIpc) is 2.74. The van der Waals surface area contributed by atoms with Crippen molar-refractivity contribution in [2.45, 2.75) is 45.6 Å². The Balaban J connectivity index is 1.95. The number of aryl methyl sites for hydroxylation is 4. The van der Waals surface area contributed by atoms with Crippen LogP contribution in [0.25, 0.3) is 0 Å². The lowest BCUT2D eigenvalue weighted by Crippen LogP contribution is -2.41. The van der Waals surface area contributed by atoms with Gasteiger partial charge in [-0.3, -0.25) is 9.10 Å². The molecule has 0 aliphatic carbocycles. The van der Waals surface area contributed by atoms with Crippen molar-refractivity contribution in [2.75, 3.05) is 10.8 Å². The Morgan fingerprint density at radius 1 is 0.882 bits per heavy atom. The number of amides is 1. The molecule has 0 fully saturated rings. The molecule has 0 aliphatic heterocycles. The zero-order chi connectivity index (χ0) is 25.2. The van der Waals surface area contributed by atoms with Gasteiger partial charge in [0.1, 0.15) is 6.54 Å². The van der Waals surface area contributed by atoms with E-state index in [1.807, 2.05) is 40.7 Å². The monoisotopic (exact) mass is 518 g/mol. The van der Waals surface area contributed by atoms with Gasteiger partial charge in [0.15, 0.2) is 0 Å². The number of rotatable bonds is 7. The van der Waals surface area contributed by atoms with Gasteiger partial charge in [-0.05, 0) is 87.2 Å². The molecule has 0 bridgehead atoms. The zero-order valence-corrected chi connectivity index (χ0v) is 22.1. The molecule has 0 unspecified atom stereocenters. The van der Waals surface area contributed by atoms with Crippen molar-refractivity contribution >= 4 is 44.8 Å². The molecule has 0 saturated heterocycles. The maximum atomic E-state index is 13.6. The molecule has 0 aromatic heterocycles. The van der Waals surface area contributed by atoms with Crippen LogP contribution in [0.4, 0.5) is 5.69 Å².